The summed E-state index contributed by atoms with van der Waals surface area (Å²) in [5, 5.41) is 0. The summed E-state index contributed by atoms with van der Waals surface area (Å²) in [5.74, 6) is -3.47. The van der Waals surface area contributed by atoms with Gasteiger partial charge >= 0.3 is 17.9 Å². The van der Waals surface area contributed by atoms with Crippen molar-refractivity contribution in [3.63, 3.8) is 0 Å². The molecule has 10 nitrogen and oxygen atoms in total. The maximum Gasteiger partial charge on any atom is 0.359 e. The van der Waals surface area contributed by atoms with Gasteiger partial charge in [-0.3, -0.25) is 9.59 Å². The number of halogens is 3. The Hall–Kier alpha value is -1.24. The molecule has 0 bridgehead atoms. The molecule has 0 saturated heterocycles. The Kier molecular flexibility index (Phi) is 14.6. The molecule has 2 amide bonds. The van der Waals surface area contributed by atoms with Crippen molar-refractivity contribution >= 4 is 109 Å². The molecule has 0 aliphatic carbocycles. The highest BCUT2D eigenvalue weighted by atomic mass is 127. The predicted molar refractivity (Wildman–Crippen MR) is 164 cm³/mol. The van der Waals surface area contributed by atoms with Crippen LogP contribution in [0.4, 0.5) is 11.4 Å². The van der Waals surface area contributed by atoms with Gasteiger partial charge in [0.15, 0.2) is 0 Å². The van der Waals surface area contributed by atoms with Crippen molar-refractivity contribution in [1.29, 1.82) is 0 Å². The second-order valence-corrected chi connectivity index (χ2v) is 10.9. The van der Waals surface area contributed by atoms with Crippen LogP contribution in [0.3, 0.4) is 0 Å². The fourth-order valence-electron chi connectivity index (χ4n) is 3.21. The molecule has 0 radical (unpaired) electrons. The number of esters is 3. The summed E-state index contributed by atoms with van der Waals surface area (Å²) in [6.07, 6.45) is -0.121. The number of ether oxygens (including phenoxy) is 3. The van der Waals surface area contributed by atoms with Crippen LogP contribution < -0.4 is 9.80 Å². The monoisotopic (exact) mass is 856 g/mol. The van der Waals surface area contributed by atoms with Crippen molar-refractivity contribution in [1.82, 2.24) is 0 Å². The van der Waals surface area contributed by atoms with Gasteiger partial charge in [-0.25, -0.2) is 14.4 Å². The van der Waals surface area contributed by atoms with Crippen LogP contribution in [-0.4, -0.2) is 63.1 Å². The molecule has 1 rings (SSSR count). The number of hydrogen-bond donors (Lipinski definition) is 0. The lowest BCUT2D eigenvalue weighted by Crippen LogP contribution is -2.38. The van der Waals surface area contributed by atoms with Crippen LogP contribution in [-0.2, 0) is 33.4 Å². The first kappa shape index (κ1) is 33.8. The van der Waals surface area contributed by atoms with Gasteiger partial charge in [-0.2, -0.15) is 0 Å². The third kappa shape index (κ3) is 8.37. The third-order valence-electron chi connectivity index (χ3n) is 5.05. The zero-order valence-electron chi connectivity index (χ0n) is 21.6. The molecule has 0 atom stereocenters. The largest absolute Gasteiger partial charge is 0.463 e. The molecule has 37 heavy (non-hydrogen) atoms. The zero-order valence-corrected chi connectivity index (χ0v) is 28.1. The highest BCUT2D eigenvalue weighted by Gasteiger charge is 2.37. The number of hydrogen-bond acceptors (Lipinski definition) is 8. The van der Waals surface area contributed by atoms with Gasteiger partial charge in [0.1, 0.15) is 0 Å². The maximum atomic E-state index is 13.5. The van der Waals surface area contributed by atoms with Crippen molar-refractivity contribution < 1.29 is 38.2 Å². The second-order valence-electron chi connectivity index (χ2n) is 7.71. The van der Waals surface area contributed by atoms with Crippen molar-refractivity contribution in [2.24, 2.45) is 0 Å². The van der Waals surface area contributed by atoms with Gasteiger partial charge in [-0.1, -0.05) is 13.8 Å². The zero-order chi connectivity index (χ0) is 28.4. The molecule has 1 aromatic rings. The van der Waals surface area contributed by atoms with Crippen molar-refractivity contribution in [3.8, 4) is 0 Å². The Morgan fingerprint density at radius 3 is 1.41 bits per heavy atom. The van der Waals surface area contributed by atoms with E-state index in [4.69, 9.17) is 14.2 Å². The van der Waals surface area contributed by atoms with E-state index in [1.165, 1.54) is 9.80 Å². The Morgan fingerprint density at radius 2 is 1.08 bits per heavy atom. The summed E-state index contributed by atoms with van der Waals surface area (Å²) in [4.78, 5) is 66.9. The molecule has 0 unspecified atom stereocenters. The number of amides is 2. The van der Waals surface area contributed by atoms with E-state index in [1.807, 2.05) is 59.0 Å². The van der Waals surface area contributed by atoms with E-state index in [2.05, 4.69) is 22.6 Å². The van der Waals surface area contributed by atoms with E-state index in [9.17, 15) is 24.0 Å². The Morgan fingerprint density at radius 1 is 0.703 bits per heavy atom. The Labute approximate surface area is 257 Å². The smallest absolute Gasteiger partial charge is 0.359 e. The molecule has 206 valence electrons. The highest BCUT2D eigenvalue weighted by molar-refractivity contribution is 14.1. The summed E-state index contributed by atoms with van der Waals surface area (Å²) in [6, 6.07) is 0. The normalized spacial score (nSPS) is 10.6. The van der Waals surface area contributed by atoms with E-state index in [-0.39, 0.29) is 43.4 Å². The van der Waals surface area contributed by atoms with Crippen LogP contribution >= 0.6 is 67.8 Å². The number of carbonyl (C=O) groups excluding carboxylic acids is 5. The summed E-state index contributed by atoms with van der Waals surface area (Å²) >= 11 is 5.92. The van der Waals surface area contributed by atoms with Gasteiger partial charge < -0.3 is 24.0 Å². The fourth-order valence-corrected chi connectivity index (χ4v) is 8.27. The molecule has 0 fully saturated rings. The number of anilines is 2. The molecular weight excluding hydrogens is 825 g/mol. The van der Waals surface area contributed by atoms with Crippen molar-refractivity contribution in [2.45, 2.75) is 59.5 Å². The van der Waals surface area contributed by atoms with Crippen LogP contribution in [0.1, 0.15) is 63.7 Å². The average molecular weight is 856 g/mol. The Balaban J connectivity index is 3.82. The molecule has 0 aliphatic heterocycles. The van der Waals surface area contributed by atoms with E-state index >= 15 is 0 Å². The lowest BCUT2D eigenvalue weighted by Gasteiger charge is -2.28. The molecular formula is C24H31I3N2O8. The number of benzene rings is 1. The summed E-state index contributed by atoms with van der Waals surface area (Å²) in [5.41, 5.74) is 0.849. The van der Waals surface area contributed by atoms with E-state index < -0.39 is 24.0 Å². The maximum absolute atomic E-state index is 13.5. The third-order valence-corrected chi connectivity index (χ3v) is 8.17. The molecule has 0 spiro atoms. The molecule has 0 saturated carbocycles. The van der Waals surface area contributed by atoms with Crippen molar-refractivity contribution in [3.05, 3.63) is 16.3 Å². The Bertz CT molecular complexity index is 978. The van der Waals surface area contributed by atoms with E-state index in [0.29, 0.717) is 34.9 Å². The van der Waals surface area contributed by atoms with Gasteiger partial charge in [0, 0.05) is 26.9 Å². The minimum atomic E-state index is -1.93. The number of carbonyl (C=O) groups is 5. The average Bonchev–Trinajstić information content (AvgIpc) is 2.82. The topological polar surface area (TPSA) is 120 Å². The van der Waals surface area contributed by atoms with Gasteiger partial charge in [0.2, 0.25) is 11.8 Å². The van der Waals surface area contributed by atoms with Gasteiger partial charge in [-0.15, -0.1) is 0 Å². The fraction of sp³-hybridized carbons (Fsp3) is 0.542. The lowest BCUT2D eigenvalue weighted by atomic mass is 10.1. The van der Waals surface area contributed by atoms with Crippen LogP contribution in [0.25, 0.3) is 0 Å². The molecule has 0 aliphatic rings. The number of rotatable bonds is 12. The highest BCUT2D eigenvalue weighted by Crippen LogP contribution is 2.42. The minimum Gasteiger partial charge on any atom is -0.463 e. The number of nitrogens with zero attached hydrogens (tertiary/aromatic N) is 2. The SMILES string of the molecule is CCCC(=O)N(C)c1c(I)c(C(=O)OC(C(=O)OCC)C(=O)OCC)c(I)c(N(C)C(=O)CCC)c1I. The summed E-state index contributed by atoms with van der Waals surface area (Å²) in [6.45, 7) is 6.80. The molecule has 0 N–H and O–H groups in total. The predicted octanol–water partition coefficient (Wildman–Crippen LogP) is 4.68. The van der Waals surface area contributed by atoms with Crippen LogP contribution in [0.2, 0.25) is 0 Å². The first-order valence-electron chi connectivity index (χ1n) is 11.7. The van der Waals surface area contributed by atoms with Gasteiger partial charge in [0.05, 0.1) is 40.9 Å². The second kappa shape index (κ2) is 16.0. The minimum absolute atomic E-state index is 0.0116. The first-order chi connectivity index (χ1) is 17.4. The standard InChI is InChI=1S/C24H31I3N2O8/c1-7-11-13(30)28(5)19-16(25)15(17(26)20(18(19)27)29(6)14(31)12-8-2)22(32)37-21(23(33)35-9-3)24(34)36-10-4/h21H,7-12H2,1-6H3. The van der Waals surface area contributed by atoms with Crippen LogP contribution in [0.15, 0.2) is 0 Å². The molecule has 0 aromatic heterocycles. The van der Waals surface area contributed by atoms with Gasteiger partial charge in [0.25, 0.3) is 6.10 Å². The first-order valence-corrected chi connectivity index (χ1v) is 14.9. The summed E-state index contributed by atoms with van der Waals surface area (Å²) in [7, 11) is 3.19. The van der Waals surface area contributed by atoms with E-state index in [1.54, 1.807) is 27.9 Å². The molecule has 13 heteroatoms. The lowest BCUT2D eigenvalue weighted by molar-refractivity contribution is -0.168. The van der Waals surface area contributed by atoms with Crippen LogP contribution in [0.5, 0.6) is 0 Å². The van der Waals surface area contributed by atoms with Crippen molar-refractivity contribution in [2.75, 3.05) is 37.1 Å². The molecule has 0 heterocycles. The van der Waals surface area contributed by atoms with Gasteiger partial charge in [-0.05, 0) is 94.5 Å². The van der Waals surface area contributed by atoms with E-state index in [0.717, 1.165) is 0 Å². The summed E-state index contributed by atoms with van der Waals surface area (Å²) < 4.78 is 16.5. The quantitative estimate of drug-likeness (QED) is 0.129. The molecule has 1 aromatic carbocycles. The van der Waals surface area contributed by atoms with Crippen LogP contribution in [0, 0.1) is 10.7 Å².